The maximum absolute atomic E-state index is 14.3. The van der Waals surface area contributed by atoms with E-state index in [1.165, 1.54) is 0 Å². The van der Waals surface area contributed by atoms with Gasteiger partial charge in [0.1, 0.15) is 48.5 Å². The van der Waals surface area contributed by atoms with Gasteiger partial charge in [-0.25, -0.2) is 0 Å². The molecule has 4 aliphatic carbocycles. The first-order chi connectivity index (χ1) is 24.2. The maximum atomic E-state index is 14.3. The fourth-order valence-corrected chi connectivity index (χ4v) is 12.7. The van der Waals surface area contributed by atoms with Crippen molar-refractivity contribution in [3.05, 3.63) is 0 Å². The highest BCUT2D eigenvalue weighted by Crippen LogP contribution is 2.71. The zero-order chi connectivity index (χ0) is 36.2. The van der Waals surface area contributed by atoms with Gasteiger partial charge in [-0.15, -0.1) is 0 Å². The van der Waals surface area contributed by atoms with Crippen molar-refractivity contribution in [3.8, 4) is 0 Å². The lowest BCUT2D eigenvalue weighted by Crippen LogP contribution is -2.64. The van der Waals surface area contributed by atoms with E-state index in [1.54, 1.807) is 0 Å². The summed E-state index contributed by atoms with van der Waals surface area (Å²) in [6.45, 7) is 9.23. The molecule has 1 spiro atoms. The lowest BCUT2D eigenvalue weighted by atomic mass is 9.44. The van der Waals surface area contributed by atoms with E-state index in [1.807, 2.05) is 0 Å². The van der Waals surface area contributed by atoms with Crippen LogP contribution in [0.15, 0.2) is 0 Å². The molecule has 21 atom stereocenters. The Labute approximate surface area is 300 Å². The molecule has 21 unspecified atom stereocenters. The average Bonchev–Trinajstić information content (AvgIpc) is 3.55. The van der Waals surface area contributed by atoms with E-state index in [4.69, 9.17) is 28.4 Å². The second-order valence-corrected chi connectivity index (χ2v) is 18.2. The van der Waals surface area contributed by atoms with Gasteiger partial charge in [0.2, 0.25) is 0 Å². The Bertz CT molecular complexity index is 1290. The van der Waals surface area contributed by atoms with Crippen molar-refractivity contribution in [2.75, 3.05) is 19.8 Å². The number of rotatable bonds is 5. The summed E-state index contributed by atoms with van der Waals surface area (Å²) >= 11 is 0. The van der Waals surface area contributed by atoms with Crippen molar-refractivity contribution >= 4 is 5.78 Å². The van der Waals surface area contributed by atoms with E-state index in [0.717, 1.165) is 45.1 Å². The van der Waals surface area contributed by atoms with E-state index in [0.29, 0.717) is 54.8 Å². The van der Waals surface area contributed by atoms with Crippen LogP contribution in [0.25, 0.3) is 0 Å². The highest BCUT2D eigenvalue weighted by molar-refractivity contribution is 5.83. The fraction of sp³-hybridized carbons (Fsp3) is 0.974. The molecular weight excluding hydrogens is 664 g/mol. The van der Waals surface area contributed by atoms with Crippen molar-refractivity contribution in [1.29, 1.82) is 0 Å². The maximum Gasteiger partial charge on any atom is 0.187 e. The SMILES string of the molecule is CC1CCC2(OC1)OC1CC3C4CC(=O)C5CC(OC6OC(CO)C(O)C(O)C6OC6OCC(O)C(O)C6O)CCC5(C)C4CCC3(C)C1C2C. The molecule has 4 saturated carbocycles. The normalized spacial score (nSPS) is 58.5. The molecule has 4 heterocycles. The Morgan fingerprint density at radius 3 is 2.31 bits per heavy atom. The van der Waals surface area contributed by atoms with E-state index in [2.05, 4.69) is 27.7 Å². The zero-order valence-corrected chi connectivity index (χ0v) is 30.4. The Balaban J connectivity index is 0.961. The molecule has 0 bridgehead atoms. The van der Waals surface area contributed by atoms with E-state index < -0.39 is 73.8 Å². The molecule has 13 heteroatoms. The van der Waals surface area contributed by atoms with Crippen LogP contribution < -0.4 is 0 Å². The second kappa shape index (κ2) is 13.4. The number of carbonyl (C=O) groups excluding carboxylic acids is 1. The van der Waals surface area contributed by atoms with Crippen molar-refractivity contribution in [2.45, 2.75) is 159 Å². The Morgan fingerprint density at radius 2 is 1.59 bits per heavy atom. The predicted molar refractivity (Wildman–Crippen MR) is 177 cm³/mol. The number of hydrogen-bond acceptors (Lipinski definition) is 13. The smallest absolute Gasteiger partial charge is 0.187 e. The van der Waals surface area contributed by atoms with Gasteiger partial charge >= 0.3 is 0 Å². The van der Waals surface area contributed by atoms with Gasteiger partial charge in [-0.3, -0.25) is 4.79 Å². The molecule has 0 amide bonds. The molecule has 8 rings (SSSR count). The summed E-state index contributed by atoms with van der Waals surface area (Å²) in [5.41, 5.74) is -0.0738. The molecule has 6 N–H and O–H groups in total. The number of hydrogen-bond donors (Lipinski definition) is 6. The number of ether oxygens (including phenoxy) is 6. The molecule has 0 aromatic heterocycles. The largest absolute Gasteiger partial charge is 0.394 e. The van der Waals surface area contributed by atoms with Crippen LogP contribution in [0.1, 0.15) is 85.5 Å². The van der Waals surface area contributed by atoms with Gasteiger partial charge in [-0.1, -0.05) is 27.7 Å². The van der Waals surface area contributed by atoms with Gasteiger partial charge in [-0.05, 0) is 85.4 Å². The summed E-state index contributed by atoms with van der Waals surface area (Å²) in [6, 6.07) is 0. The number of ketones is 1. The summed E-state index contributed by atoms with van der Waals surface area (Å²) in [6.07, 6.45) is -5.30. The second-order valence-electron chi connectivity index (χ2n) is 18.2. The third kappa shape index (κ3) is 5.82. The number of Topliss-reactive ketones (excluding diaryl/α,β-unsaturated/α-hetero) is 1. The van der Waals surface area contributed by atoms with Crippen LogP contribution in [0.4, 0.5) is 0 Å². The Morgan fingerprint density at radius 1 is 0.824 bits per heavy atom. The monoisotopic (exact) mass is 724 g/mol. The van der Waals surface area contributed by atoms with Gasteiger partial charge in [0.05, 0.1) is 32.0 Å². The highest BCUT2D eigenvalue weighted by Gasteiger charge is 2.70. The van der Waals surface area contributed by atoms with Crippen molar-refractivity contribution < 1.29 is 63.9 Å². The first-order valence-corrected chi connectivity index (χ1v) is 19.6. The third-order valence-corrected chi connectivity index (χ3v) is 15.6. The molecule has 0 aromatic carbocycles. The molecule has 0 radical (unpaired) electrons. The van der Waals surface area contributed by atoms with Gasteiger partial charge in [0, 0.05) is 24.7 Å². The summed E-state index contributed by atoms with van der Waals surface area (Å²) in [5, 5.41) is 62.2. The van der Waals surface area contributed by atoms with Crippen LogP contribution >= 0.6 is 0 Å². The zero-order valence-electron chi connectivity index (χ0n) is 30.4. The predicted octanol–water partition coefficient (Wildman–Crippen LogP) is 1.26. The summed E-state index contributed by atoms with van der Waals surface area (Å²) in [4.78, 5) is 14.3. The molecule has 290 valence electrons. The minimum atomic E-state index is -1.63. The van der Waals surface area contributed by atoms with Gasteiger partial charge in [0.15, 0.2) is 18.4 Å². The highest BCUT2D eigenvalue weighted by atomic mass is 16.8. The van der Waals surface area contributed by atoms with E-state index in [-0.39, 0.29) is 35.2 Å². The topological polar surface area (TPSA) is 194 Å². The molecule has 4 aliphatic heterocycles. The van der Waals surface area contributed by atoms with Crippen molar-refractivity contribution in [3.63, 3.8) is 0 Å². The molecule has 0 aromatic rings. The van der Waals surface area contributed by atoms with E-state index >= 15 is 0 Å². The van der Waals surface area contributed by atoms with Crippen LogP contribution in [0, 0.1) is 52.3 Å². The average molecular weight is 725 g/mol. The first kappa shape index (κ1) is 37.1. The van der Waals surface area contributed by atoms with Crippen LogP contribution in [0.5, 0.6) is 0 Å². The number of carbonyl (C=O) groups is 1. The number of fused-ring (bicyclic) bond motifs is 7. The summed E-state index contributed by atoms with van der Waals surface area (Å²) < 4.78 is 37.1. The van der Waals surface area contributed by atoms with Gasteiger partial charge < -0.3 is 59.1 Å². The summed E-state index contributed by atoms with van der Waals surface area (Å²) in [7, 11) is 0. The van der Waals surface area contributed by atoms with Crippen molar-refractivity contribution in [1.82, 2.24) is 0 Å². The molecule has 51 heavy (non-hydrogen) atoms. The quantitative estimate of drug-likeness (QED) is 0.222. The minimum absolute atomic E-state index is 0.108. The molecule has 8 fully saturated rings. The number of aliphatic hydroxyl groups is 6. The minimum Gasteiger partial charge on any atom is -0.394 e. The summed E-state index contributed by atoms with van der Waals surface area (Å²) in [5.74, 6) is 2.08. The molecular formula is C38H60O13. The van der Waals surface area contributed by atoms with Crippen LogP contribution in [-0.4, -0.2) is 130 Å². The number of aliphatic hydroxyl groups excluding tert-OH is 6. The molecule has 8 aliphatic rings. The standard InChI is InChI=1S/C38H60O13/c1-17-5-10-38(47-15-17)18(2)28-26(51-38)13-22-20-12-24(40)23-11-19(6-8-36(23,3)21(20)7-9-37(22,28)4)48-35-33(31(44)30(43)27(14-39)49-35)50-34-32(45)29(42)25(41)16-46-34/h17-23,25-35,39,41-45H,5-16H2,1-4H3. The third-order valence-electron chi connectivity index (χ3n) is 15.6. The fourth-order valence-electron chi connectivity index (χ4n) is 12.7. The lowest BCUT2D eigenvalue weighted by Gasteiger charge is -2.60. The van der Waals surface area contributed by atoms with E-state index in [9.17, 15) is 35.4 Å². The Kier molecular flexibility index (Phi) is 9.79. The van der Waals surface area contributed by atoms with Crippen LogP contribution in [0.2, 0.25) is 0 Å². The van der Waals surface area contributed by atoms with Crippen LogP contribution in [-0.2, 0) is 33.2 Å². The van der Waals surface area contributed by atoms with Gasteiger partial charge in [-0.2, -0.15) is 0 Å². The molecule has 13 nitrogen and oxygen atoms in total. The first-order valence-electron chi connectivity index (χ1n) is 19.6. The van der Waals surface area contributed by atoms with Crippen molar-refractivity contribution in [2.24, 2.45) is 52.3 Å². The Hall–Kier alpha value is -0.810. The van der Waals surface area contributed by atoms with Gasteiger partial charge in [0.25, 0.3) is 0 Å². The molecule has 4 saturated heterocycles. The van der Waals surface area contributed by atoms with Crippen LogP contribution in [0.3, 0.4) is 0 Å². The lowest BCUT2D eigenvalue weighted by molar-refractivity contribution is -0.363.